The van der Waals surface area contributed by atoms with Gasteiger partial charge in [0, 0.05) is 24.3 Å². The molecule has 0 bridgehead atoms. The first-order valence-corrected chi connectivity index (χ1v) is 10.4. The third-order valence-electron chi connectivity index (χ3n) is 5.16. The van der Waals surface area contributed by atoms with E-state index in [-0.39, 0.29) is 11.9 Å². The standard InChI is InChI=1S/C22H19N3O3S/c26-20(9-8-19-23-22(24-28-19)17-7-4-13-27-17)25-12-10-18-16(11-14-29-18)21(25)15-5-2-1-3-6-15/h1-7,11,13-14,21H,8-10,12H2. The third-order valence-corrected chi connectivity index (χ3v) is 6.16. The number of aryl methyl sites for hydroxylation is 1. The number of carbonyl (C=O) groups is 1. The molecule has 7 heteroatoms. The summed E-state index contributed by atoms with van der Waals surface area (Å²) in [4.78, 5) is 20.8. The predicted octanol–water partition coefficient (Wildman–Crippen LogP) is 4.50. The highest BCUT2D eigenvalue weighted by Gasteiger charge is 2.32. The number of fused-ring (bicyclic) bond motifs is 1. The summed E-state index contributed by atoms with van der Waals surface area (Å²) in [6.45, 7) is 0.716. The van der Waals surface area contributed by atoms with E-state index in [2.05, 4.69) is 33.7 Å². The molecule has 5 rings (SSSR count). The van der Waals surface area contributed by atoms with Crippen molar-refractivity contribution < 1.29 is 13.7 Å². The first-order chi connectivity index (χ1) is 14.3. The van der Waals surface area contributed by atoms with E-state index in [0.717, 1.165) is 12.0 Å². The normalized spacial score (nSPS) is 16.0. The van der Waals surface area contributed by atoms with Crippen molar-refractivity contribution in [1.82, 2.24) is 15.0 Å². The summed E-state index contributed by atoms with van der Waals surface area (Å²) in [5.74, 6) is 1.49. The van der Waals surface area contributed by atoms with Crippen molar-refractivity contribution in [3.63, 3.8) is 0 Å². The van der Waals surface area contributed by atoms with Crippen molar-refractivity contribution in [1.29, 1.82) is 0 Å². The van der Waals surface area contributed by atoms with Crippen molar-refractivity contribution in [3.05, 3.63) is 82.1 Å². The lowest BCUT2D eigenvalue weighted by Gasteiger charge is -2.36. The van der Waals surface area contributed by atoms with Gasteiger partial charge in [0.1, 0.15) is 0 Å². The van der Waals surface area contributed by atoms with E-state index in [1.54, 1.807) is 29.7 Å². The van der Waals surface area contributed by atoms with Crippen LogP contribution in [0, 0.1) is 0 Å². The maximum atomic E-state index is 13.1. The van der Waals surface area contributed by atoms with E-state index in [4.69, 9.17) is 8.94 Å². The number of carbonyl (C=O) groups excluding carboxylic acids is 1. The maximum absolute atomic E-state index is 13.1. The molecular weight excluding hydrogens is 386 g/mol. The molecule has 4 aromatic rings. The highest BCUT2D eigenvalue weighted by molar-refractivity contribution is 7.10. The van der Waals surface area contributed by atoms with E-state index in [9.17, 15) is 4.79 Å². The first kappa shape index (κ1) is 17.9. The van der Waals surface area contributed by atoms with Crippen LogP contribution >= 0.6 is 11.3 Å². The predicted molar refractivity (Wildman–Crippen MR) is 108 cm³/mol. The zero-order chi connectivity index (χ0) is 19.6. The van der Waals surface area contributed by atoms with Gasteiger partial charge in [-0.15, -0.1) is 11.3 Å². The Labute approximate surface area is 171 Å². The molecule has 0 N–H and O–H groups in total. The summed E-state index contributed by atoms with van der Waals surface area (Å²) in [5.41, 5.74) is 2.37. The lowest BCUT2D eigenvalue weighted by molar-refractivity contribution is -0.133. The van der Waals surface area contributed by atoms with Gasteiger partial charge in [-0.1, -0.05) is 35.5 Å². The van der Waals surface area contributed by atoms with Gasteiger partial charge in [-0.25, -0.2) is 0 Å². The Balaban J connectivity index is 1.33. The smallest absolute Gasteiger partial charge is 0.238 e. The zero-order valence-corrected chi connectivity index (χ0v) is 16.5. The molecule has 146 valence electrons. The number of hydrogen-bond acceptors (Lipinski definition) is 6. The minimum absolute atomic E-state index is 0.0416. The first-order valence-electron chi connectivity index (χ1n) is 9.57. The molecule has 0 radical (unpaired) electrons. The fourth-order valence-corrected chi connectivity index (χ4v) is 4.70. The second-order valence-electron chi connectivity index (χ2n) is 6.94. The second kappa shape index (κ2) is 7.67. The lowest BCUT2D eigenvalue weighted by Crippen LogP contribution is -2.40. The highest BCUT2D eigenvalue weighted by Crippen LogP contribution is 2.38. The van der Waals surface area contributed by atoms with Crippen molar-refractivity contribution in [3.8, 4) is 11.6 Å². The van der Waals surface area contributed by atoms with Gasteiger partial charge in [0.05, 0.1) is 12.3 Å². The molecule has 1 aliphatic heterocycles. The van der Waals surface area contributed by atoms with Gasteiger partial charge in [0.15, 0.2) is 5.76 Å². The molecule has 0 spiro atoms. The number of benzene rings is 1. The van der Waals surface area contributed by atoms with E-state index in [0.29, 0.717) is 36.9 Å². The molecule has 1 unspecified atom stereocenters. The largest absolute Gasteiger partial charge is 0.461 e. The Hall–Kier alpha value is -3.19. The SMILES string of the molecule is O=C(CCc1nc(-c2ccco2)no1)N1CCc2sccc2C1c1ccccc1. The number of thiophene rings is 1. The van der Waals surface area contributed by atoms with Crippen LogP contribution in [0.15, 0.2) is 69.1 Å². The lowest BCUT2D eigenvalue weighted by atomic mass is 9.93. The van der Waals surface area contributed by atoms with E-state index >= 15 is 0 Å². The second-order valence-corrected chi connectivity index (χ2v) is 7.94. The monoisotopic (exact) mass is 405 g/mol. The summed E-state index contributed by atoms with van der Waals surface area (Å²) in [7, 11) is 0. The maximum Gasteiger partial charge on any atom is 0.238 e. The molecular formula is C22H19N3O3S. The summed E-state index contributed by atoms with van der Waals surface area (Å²) < 4.78 is 10.6. The van der Waals surface area contributed by atoms with E-state index < -0.39 is 0 Å². The number of rotatable bonds is 5. The average molecular weight is 405 g/mol. The van der Waals surface area contributed by atoms with Crippen LogP contribution < -0.4 is 0 Å². The van der Waals surface area contributed by atoms with Crippen LogP contribution in [0.2, 0.25) is 0 Å². The Kier molecular flexibility index (Phi) is 4.73. The molecule has 1 amide bonds. The average Bonchev–Trinajstić information content (AvgIpc) is 3.52. The van der Waals surface area contributed by atoms with Gasteiger partial charge in [-0.2, -0.15) is 4.98 Å². The molecule has 1 atom stereocenters. The highest BCUT2D eigenvalue weighted by atomic mass is 32.1. The van der Waals surface area contributed by atoms with Crippen LogP contribution in [0.5, 0.6) is 0 Å². The number of hydrogen-bond donors (Lipinski definition) is 0. The Morgan fingerprint density at radius 3 is 2.90 bits per heavy atom. The topological polar surface area (TPSA) is 72.4 Å². The number of amides is 1. The van der Waals surface area contributed by atoms with Gasteiger partial charge in [0.25, 0.3) is 0 Å². The molecule has 0 saturated carbocycles. The van der Waals surface area contributed by atoms with Crippen molar-refractivity contribution in [2.24, 2.45) is 0 Å². The molecule has 0 fully saturated rings. The van der Waals surface area contributed by atoms with Crippen LogP contribution in [0.25, 0.3) is 11.6 Å². The molecule has 1 aliphatic rings. The van der Waals surface area contributed by atoms with Gasteiger partial charge in [0.2, 0.25) is 17.6 Å². The number of nitrogens with zero attached hydrogens (tertiary/aromatic N) is 3. The molecule has 0 saturated heterocycles. The van der Waals surface area contributed by atoms with Crippen LogP contribution in [0.1, 0.15) is 34.4 Å². The quantitative estimate of drug-likeness (QED) is 0.489. The third kappa shape index (κ3) is 3.49. The molecule has 3 aromatic heterocycles. The van der Waals surface area contributed by atoms with Gasteiger partial charge in [-0.3, -0.25) is 4.79 Å². The Morgan fingerprint density at radius 1 is 1.17 bits per heavy atom. The van der Waals surface area contributed by atoms with Crippen LogP contribution in [-0.4, -0.2) is 27.5 Å². The van der Waals surface area contributed by atoms with Crippen molar-refractivity contribution in [2.45, 2.75) is 25.3 Å². The van der Waals surface area contributed by atoms with E-state index in [1.165, 1.54) is 10.4 Å². The minimum Gasteiger partial charge on any atom is -0.461 e. The van der Waals surface area contributed by atoms with Crippen molar-refractivity contribution >= 4 is 17.2 Å². The van der Waals surface area contributed by atoms with E-state index in [1.807, 2.05) is 23.1 Å². The molecule has 6 nitrogen and oxygen atoms in total. The van der Waals surface area contributed by atoms with Gasteiger partial charge >= 0.3 is 0 Å². The van der Waals surface area contributed by atoms with Gasteiger partial charge < -0.3 is 13.8 Å². The zero-order valence-electron chi connectivity index (χ0n) is 15.7. The Bertz CT molecular complexity index is 1100. The summed E-state index contributed by atoms with van der Waals surface area (Å²) in [5, 5.41) is 6.05. The fraction of sp³-hybridized carbons (Fsp3) is 0.227. The number of aromatic nitrogens is 2. The molecule has 29 heavy (non-hydrogen) atoms. The molecule has 1 aromatic carbocycles. The van der Waals surface area contributed by atoms with Crippen LogP contribution in [0.3, 0.4) is 0 Å². The summed E-state index contributed by atoms with van der Waals surface area (Å²) in [6.07, 6.45) is 3.18. The summed E-state index contributed by atoms with van der Waals surface area (Å²) in [6, 6.07) is 15.9. The molecule has 0 aliphatic carbocycles. The molecule has 4 heterocycles. The fourth-order valence-electron chi connectivity index (χ4n) is 3.80. The van der Waals surface area contributed by atoms with Crippen LogP contribution in [-0.2, 0) is 17.6 Å². The van der Waals surface area contributed by atoms with Gasteiger partial charge in [-0.05, 0) is 41.1 Å². The minimum atomic E-state index is -0.0416. The Morgan fingerprint density at radius 2 is 2.07 bits per heavy atom. The van der Waals surface area contributed by atoms with Crippen molar-refractivity contribution in [2.75, 3.05) is 6.54 Å². The number of furan rings is 1. The van der Waals surface area contributed by atoms with Crippen LogP contribution in [0.4, 0.5) is 0 Å². The summed E-state index contributed by atoms with van der Waals surface area (Å²) >= 11 is 1.77.